The van der Waals surface area contributed by atoms with E-state index in [4.69, 9.17) is 9.47 Å². The molecule has 142 valence electrons. The van der Waals surface area contributed by atoms with Crippen LogP contribution in [-0.2, 0) is 31.9 Å². The summed E-state index contributed by atoms with van der Waals surface area (Å²) < 4.78 is 9.80. The van der Waals surface area contributed by atoms with Crippen molar-refractivity contribution in [2.75, 3.05) is 13.7 Å². The molecule has 2 rings (SSSR count). The number of rotatable bonds is 7. The van der Waals surface area contributed by atoms with Crippen LogP contribution in [0.1, 0.15) is 54.6 Å². The molecule has 0 aromatic heterocycles. The molecule has 0 bridgehead atoms. The number of nitrogens with one attached hydrogen (secondary N) is 1. The number of carbonyl (C=O) groups is 3. The van der Waals surface area contributed by atoms with Crippen LogP contribution in [0.25, 0.3) is 0 Å². The molecule has 0 spiro atoms. The molecule has 6 heteroatoms. The van der Waals surface area contributed by atoms with E-state index in [1.807, 2.05) is 26.0 Å². The number of ether oxygens (including phenoxy) is 2. The van der Waals surface area contributed by atoms with Crippen molar-refractivity contribution in [1.82, 2.24) is 5.32 Å². The number of benzene rings is 1. The van der Waals surface area contributed by atoms with Gasteiger partial charge in [-0.25, -0.2) is 9.59 Å². The summed E-state index contributed by atoms with van der Waals surface area (Å²) in [7, 11) is 1.28. The van der Waals surface area contributed by atoms with Crippen LogP contribution in [0.15, 0.2) is 18.2 Å². The summed E-state index contributed by atoms with van der Waals surface area (Å²) in [6.07, 6.45) is 4.76. The molecule has 0 saturated carbocycles. The van der Waals surface area contributed by atoms with Crippen LogP contribution in [-0.4, -0.2) is 37.6 Å². The predicted molar refractivity (Wildman–Crippen MR) is 96.8 cm³/mol. The smallest absolute Gasteiger partial charge is 0.338 e. The highest BCUT2D eigenvalue weighted by Gasteiger charge is 2.23. The summed E-state index contributed by atoms with van der Waals surface area (Å²) in [6, 6.07) is 4.81. The number of amides is 1. The van der Waals surface area contributed by atoms with Crippen LogP contribution in [0.5, 0.6) is 0 Å². The van der Waals surface area contributed by atoms with Crippen molar-refractivity contribution >= 4 is 17.8 Å². The zero-order valence-electron chi connectivity index (χ0n) is 15.7. The van der Waals surface area contributed by atoms with Crippen LogP contribution < -0.4 is 5.32 Å². The lowest BCUT2D eigenvalue weighted by Crippen LogP contribution is -2.44. The molecule has 0 saturated heterocycles. The van der Waals surface area contributed by atoms with E-state index < -0.39 is 30.5 Å². The Bertz CT molecular complexity index is 668. The van der Waals surface area contributed by atoms with Gasteiger partial charge < -0.3 is 14.8 Å². The first kappa shape index (κ1) is 19.9. The van der Waals surface area contributed by atoms with Crippen molar-refractivity contribution in [1.29, 1.82) is 0 Å². The third-order valence-electron chi connectivity index (χ3n) is 4.45. The van der Waals surface area contributed by atoms with E-state index in [9.17, 15) is 14.4 Å². The van der Waals surface area contributed by atoms with E-state index in [0.717, 1.165) is 19.3 Å². The van der Waals surface area contributed by atoms with Gasteiger partial charge in [0, 0.05) is 0 Å². The van der Waals surface area contributed by atoms with Gasteiger partial charge >= 0.3 is 11.9 Å². The van der Waals surface area contributed by atoms with E-state index >= 15 is 0 Å². The first-order valence-electron chi connectivity index (χ1n) is 9.06. The number of fused-ring (bicyclic) bond motifs is 1. The largest absolute Gasteiger partial charge is 0.467 e. The number of carbonyl (C=O) groups excluding carboxylic acids is 3. The van der Waals surface area contributed by atoms with Gasteiger partial charge in [0.1, 0.15) is 6.04 Å². The fraction of sp³-hybridized carbons (Fsp3) is 0.550. The molecule has 1 aliphatic carbocycles. The second-order valence-corrected chi connectivity index (χ2v) is 7.04. The fourth-order valence-corrected chi connectivity index (χ4v) is 3.14. The standard InChI is InChI=1S/C20H27NO5/c1-13(2)10-17(20(24)25-3)21-18(22)12-26-19(23)16-9-8-14-6-4-5-7-15(14)11-16/h8-9,11,13,17H,4-7,10,12H2,1-3H3,(H,21,22)/t17-/m0/s1. The predicted octanol–water partition coefficient (Wildman–Crippen LogP) is 2.43. The average Bonchev–Trinajstić information content (AvgIpc) is 2.64. The second kappa shape index (κ2) is 9.36. The first-order chi connectivity index (χ1) is 12.4. The maximum absolute atomic E-state index is 12.2. The molecule has 0 aliphatic heterocycles. The van der Waals surface area contributed by atoms with Gasteiger partial charge in [-0.15, -0.1) is 0 Å². The molecule has 1 aliphatic rings. The van der Waals surface area contributed by atoms with Gasteiger partial charge in [-0.1, -0.05) is 19.9 Å². The van der Waals surface area contributed by atoms with Gasteiger partial charge in [-0.05, 0) is 61.3 Å². The molecule has 1 N–H and O–H groups in total. The molecular weight excluding hydrogens is 334 g/mol. The number of esters is 2. The Morgan fingerprint density at radius 2 is 1.81 bits per heavy atom. The van der Waals surface area contributed by atoms with Crippen molar-refractivity contribution < 1.29 is 23.9 Å². The Hall–Kier alpha value is -2.37. The zero-order valence-corrected chi connectivity index (χ0v) is 15.7. The van der Waals surface area contributed by atoms with Crippen molar-refractivity contribution in [3.63, 3.8) is 0 Å². The Morgan fingerprint density at radius 3 is 2.46 bits per heavy atom. The summed E-state index contributed by atoms with van der Waals surface area (Å²) in [5.74, 6) is -1.36. The molecule has 0 radical (unpaired) electrons. The van der Waals surface area contributed by atoms with Crippen molar-refractivity contribution in [2.24, 2.45) is 5.92 Å². The van der Waals surface area contributed by atoms with Crippen LogP contribution in [0, 0.1) is 5.92 Å². The second-order valence-electron chi connectivity index (χ2n) is 7.04. The quantitative estimate of drug-likeness (QED) is 0.754. The van der Waals surface area contributed by atoms with Gasteiger partial charge in [0.2, 0.25) is 0 Å². The molecule has 1 amide bonds. The highest BCUT2D eigenvalue weighted by Crippen LogP contribution is 2.22. The molecule has 26 heavy (non-hydrogen) atoms. The van der Waals surface area contributed by atoms with Crippen LogP contribution in [0.4, 0.5) is 0 Å². The number of hydrogen-bond acceptors (Lipinski definition) is 5. The van der Waals surface area contributed by atoms with E-state index in [1.165, 1.54) is 24.7 Å². The number of hydrogen-bond donors (Lipinski definition) is 1. The monoisotopic (exact) mass is 361 g/mol. The van der Waals surface area contributed by atoms with E-state index in [2.05, 4.69) is 5.32 Å². The Kier molecular flexibility index (Phi) is 7.18. The van der Waals surface area contributed by atoms with Crippen LogP contribution in [0.3, 0.4) is 0 Å². The third kappa shape index (κ3) is 5.58. The highest BCUT2D eigenvalue weighted by molar-refractivity contribution is 5.92. The minimum absolute atomic E-state index is 0.206. The lowest BCUT2D eigenvalue weighted by molar-refractivity contribution is -0.145. The number of methoxy groups -OCH3 is 1. The van der Waals surface area contributed by atoms with E-state index in [0.29, 0.717) is 12.0 Å². The Morgan fingerprint density at radius 1 is 1.12 bits per heavy atom. The minimum Gasteiger partial charge on any atom is -0.467 e. The zero-order chi connectivity index (χ0) is 19.1. The molecule has 0 heterocycles. The molecule has 1 atom stereocenters. The van der Waals surface area contributed by atoms with Crippen LogP contribution >= 0.6 is 0 Å². The van der Waals surface area contributed by atoms with Gasteiger partial charge in [-0.3, -0.25) is 4.79 Å². The topological polar surface area (TPSA) is 81.7 Å². The Balaban J connectivity index is 1.89. The molecule has 0 unspecified atom stereocenters. The summed E-state index contributed by atoms with van der Waals surface area (Å²) in [5, 5.41) is 2.57. The highest BCUT2D eigenvalue weighted by atomic mass is 16.5. The van der Waals surface area contributed by atoms with Gasteiger partial charge in [0.15, 0.2) is 6.61 Å². The lowest BCUT2D eigenvalue weighted by atomic mass is 9.90. The maximum Gasteiger partial charge on any atom is 0.338 e. The van der Waals surface area contributed by atoms with E-state index in [-0.39, 0.29) is 5.92 Å². The Labute approximate surface area is 154 Å². The van der Waals surface area contributed by atoms with Gasteiger partial charge in [0.25, 0.3) is 5.91 Å². The molecule has 6 nitrogen and oxygen atoms in total. The van der Waals surface area contributed by atoms with E-state index in [1.54, 1.807) is 6.07 Å². The summed E-state index contributed by atoms with van der Waals surface area (Å²) in [6.45, 7) is 3.46. The van der Waals surface area contributed by atoms with Crippen molar-refractivity contribution in [2.45, 2.75) is 52.0 Å². The van der Waals surface area contributed by atoms with Gasteiger partial charge in [-0.2, -0.15) is 0 Å². The molecule has 1 aromatic rings. The maximum atomic E-state index is 12.2. The fourth-order valence-electron chi connectivity index (χ4n) is 3.14. The van der Waals surface area contributed by atoms with Gasteiger partial charge in [0.05, 0.1) is 12.7 Å². The normalized spacial score (nSPS) is 14.3. The first-order valence-corrected chi connectivity index (χ1v) is 9.06. The van der Waals surface area contributed by atoms with Crippen LogP contribution in [0.2, 0.25) is 0 Å². The van der Waals surface area contributed by atoms with Crippen molar-refractivity contribution in [3.8, 4) is 0 Å². The third-order valence-corrected chi connectivity index (χ3v) is 4.45. The molecule has 0 fully saturated rings. The molecular formula is C20H27NO5. The SMILES string of the molecule is COC(=O)[C@H](CC(C)C)NC(=O)COC(=O)c1ccc2c(c1)CCCC2. The summed E-state index contributed by atoms with van der Waals surface area (Å²) >= 11 is 0. The number of aryl methyl sites for hydroxylation is 2. The molecule has 1 aromatic carbocycles. The summed E-state index contributed by atoms with van der Waals surface area (Å²) in [4.78, 5) is 36.0. The minimum atomic E-state index is -0.741. The van der Waals surface area contributed by atoms with Crippen molar-refractivity contribution in [3.05, 3.63) is 34.9 Å². The average molecular weight is 361 g/mol. The lowest BCUT2D eigenvalue weighted by Gasteiger charge is -2.18. The summed E-state index contributed by atoms with van der Waals surface area (Å²) in [5.41, 5.74) is 2.91.